The molecular formula is C13H21N3O3S. The molecule has 112 valence electrons. The van der Waals surface area contributed by atoms with Gasteiger partial charge in [-0.15, -0.1) is 11.3 Å². The van der Waals surface area contributed by atoms with Crippen molar-refractivity contribution in [3.8, 4) is 0 Å². The Morgan fingerprint density at radius 3 is 2.35 bits per heavy atom. The summed E-state index contributed by atoms with van der Waals surface area (Å²) in [6.07, 6.45) is -0.822. The Morgan fingerprint density at radius 2 is 2.00 bits per heavy atom. The average Bonchev–Trinajstić information content (AvgIpc) is 2.77. The fourth-order valence-corrected chi connectivity index (χ4v) is 2.58. The number of carbonyl (C=O) groups excluding carboxylic acids is 1. The van der Waals surface area contributed by atoms with Crippen molar-refractivity contribution in [2.24, 2.45) is 0 Å². The van der Waals surface area contributed by atoms with Crippen LogP contribution in [-0.2, 0) is 11.2 Å². The molecule has 1 heterocycles. The van der Waals surface area contributed by atoms with Crippen molar-refractivity contribution in [3.63, 3.8) is 0 Å². The summed E-state index contributed by atoms with van der Waals surface area (Å²) in [5.74, 6) is -0.240. The molecule has 0 radical (unpaired) electrons. The highest BCUT2D eigenvalue weighted by atomic mass is 32.1. The smallest absolute Gasteiger partial charge is 0.408 e. The van der Waals surface area contributed by atoms with E-state index >= 15 is 0 Å². The highest BCUT2D eigenvalue weighted by Crippen LogP contribution is 2.21. The zero-order chi connectivity index (χ0) is 15.5. The molecule has 1 rings (SSSR count). The Hall–Kier alpha value is -1.63. The summed E-state index contributed by atoms with van der Waals surface area (Å²) in [6, 6.07) is -0.774. The lowest BCUT2D eigenvalue weighted by atomic mass is 10.00. The first kappa shape index (κ1) is 16.4. The minimum absolute atomic E-state index is 0.240. The summed E-state index contributed by atoms with van der Waals surface area (Å²) in [6.45, 7) is 5.33. The Morgan fingerprint density at radius 1 is 1.40 bits per heavy atom. The van der Waals surface area contributed by atoms with Crippen LogP contribution in [0.25, 0.3) is 0 Å². The fraction of sp³-hybridized carbons (Fsp3) is 0.615. The Bertz CT molecular complexity index is 466. The van der Waals surface area contributed by atoms with Gasteiger partial charge in [0.05, 0.1) is 11.2 Å². The van der Waals surface area contributed by atoms with E-state index in [-0.39, 0.29) is 12.3 Å². The molecule has 0 bridgehead atoms. The van der Waals surface area contributed by atoms with Crippen molar-refractivity contribution in [1.29, 1.82) is 0 Å². The van der Waals surface area contributed by atoms with Gasteiger partial charge in [0.1, 0.15) is 6.04 Å². The number of thiazole rings is 1. The van der Waals surface area contributed by atoms with Crippen LogP contribution >= 0.6 is 11.3 Å². The van der Waals surface area contributed by atoms with Crippen LogP contribution in [0.2, 0.25) is 0 Å². The Balaban J connectivity index is 3.14. The number of hydrogen-bond donors (Lipinski definition) is 1. The molecule has 1 aromatic rings. The van der Waals surface area contributed by atoms with Crippen LogP contribution in [0.3, 0.4) is 0 Å². The van der Waals surface area contributed by atoms with Crippen LogP contribution in [0.15, 0.2) is 10.9 Å². The molecule has 0 fully saturated rings. The number of amides is 2. The first-order valence-electron chi connectivity index (χ1n) is 6.25. The summed E-state index contributed by atoms with van der Waals surface area (Å²) in [7, 11) is 3.25. The molecule has 1 atom stereocenters. The maximum atomic E-state index is 12.4. The number of likely N-dealkylation sites (N-methyl/N-ethyl adjacent to an activating group) is 1. The number of hydrogen-bond acceptors (Lipinski definition) is 4. The SMILES string of the molecule is CN(C)C(=O)[C@H](Cc1cscn1)N(C(=O)O)C(C)(C)C. The normalized spacial score (nSPS) is 12.8. The van der Waals surface area contributed by atoms with E-state index in [1.165, 1.54) is 21.1 Å². The van der Waals surface area contributed by atoms with Gasteiger partial charge in [0.25, 0.3) is 0 Å². The summed E-state index contributed by atoms with van der Waals surface area (Å²) in [5, 5.41) is 11.3. The molecule has 0 aliphatic carbocycles. The first-order valence-corrected chi connectivity index (χ1v) is 7.19. The highest BCUT2D eigenvalue weighted by molar-refractivity contribution is 7.07. The third-order valence-corrected chi connectivity index (χ3v) is 3.49. The number of nitrogens with zero attached hydrogens (tertiary/aromatic N) is 3. The van der Waals surface area contributed by atoms with E-state index < -0.39 is 17.7 Å². The second-order valence-electron chi connectivity index (χ2n) is 5.76. The molecule has 0 aliphatic heterocycles. The summed E-state index contributed by atoms with van der Waals surface area (Å²) >= 11 is 1.43. The van der Waals surface area contributed by atoms with E-state index in [1.807, 2.05) is 5.38 Å². The predicted molar refractivity (Wildman–Crippen MR) is 77.9 cm³/mol. The molecule has 0 aliphatic rings. The maximum absolute atomic E-state index is 12.4. The molecule has 2 amide bonds. The van der Waals surface area contributed by atoms with Crippen LogP contribution in [0.1, 0.15) is 26.5 Å². The molecule has 0 aromatic carbocycles. The minimum atomic E-state index is -1.10. The van der Waals surface area contributed by atoms with Crippen LogP contribution in [0, 0.1) is 0 Å². The summed E-state index contributed by atoms with van der Waals surface area (Å²) < 4.78 is 0. The number of carboxylic acid groups (broad SMARTS) is 1. The lowest BCUT2D eigenvalue weighted by Crippen LogP contribution is -2.57. The van der Waals surface area contributed by atoms with Crippen molar-refractivity contribution in [2.75, 3.05) is 14.1 Å². The second-order valence-corrected chi connectivity index (χ2v) is 6.47. The largest absolute Gasteiger partial charge is 0.465 e. The van der Waals surface area contributed by atoms with Gasteiger partial charge in [-0.2, -0.15) is 0 Å². The zero-order valence-electron chi connectivity index (χ0n) is 12.5. The molecule has 1 aromatic heterocycles. The van der Waals surface area contributed by atoms with Gasteiger partial charge < -0.3 is 10.0 Å². The molecule has 6 nitrogen and oxygen atoms in total. The van der Waals surface area contributed by atoms with Crippen molar-refractivity contribution < 1.29 is 14.7 Å². The van der Waals surface area contributed by atoms with Gasteiger partial charge in [-0.3, -0.25) is 9.69 Å². The van der Waals surface area contributed by atoms with Crippen LogP contribution in [0.4, 0.5) is 4.79 Å². The highest BCUT2D eigenvalue weighted by Gasteiger charge is 2.38. The Labute approximate surface area is 123 Å². The van der Waals surface area contributed by atoms with Crippen molar-refractivity contribution >= 4 is 23.3 Å². The van der Waals surface area contributed by atoms with Crippen LogP contribution in [-0.4, -0.2) is 57.6 Å². The predicted octanol–water partition coefficient (Wildman–Crippen LogP) is 1.92. The van der Waals surface area contributed by atoms with Gasteiger partial charge in [-0.05, 0) is 20.8 Å². The number of aromatic nitrogens is 1. The fourth-order valence-electron chi connectivity index (χ4n) is 2.01. The van der Waals surface area contributed by atoms with E-state index in [1.54, 1.807) is 40.4 Å². The molecule has 0 saturated heterocycles. The van der Waals surface area contributed by atoms with Gasteiger partial charge in [0.2, 0.25) is 5.91 Å². The van der Waals surface area contributed by atoms with Crippen LogP contribution in [0.5, 0.6) is 0 Å². The van der Waals surface area contributed by atoms with Gasteiger partial charge in [0, 0.05) is 31.4 Å². The zero-order valence-corrected chi connectivity index (χ0v) is 13.3. The third kappa shape index (κ3) is 3.93. The summed E-state index contributed by atoms with van der Waals surface area (Å²) in [4.78, 5) is 30.7. The van der Waals surface area contributed by atoms with Crippen molar-refractivity contribution in [2.45, 2.75) is 38.8 Å². The van der Waals surface area contributed by atoms with Gasteiger partial charge in [-0.25, -0.2) is 9.78 Å². The Kier molecular flexibility index (Phi) is 5.10. The molecule has 0 spiro atoms. The van der Waals surface area contributed by atoms with E-state index in [2.05, 4.69) is 4.98 Å². The van der Waals surface area contributed by atoms with E-state index in [9.17, 15) is 14.7 Å². The lowest BCUT2D eigenvalue weighted by molar-refractivity contribution is -0.135. The van der Waals surface area contributed by atoms with Gasteiger partial charge in [-0.1, -0.05) is 0 Å². The molecular weight excluding hydrogens is 278 g/mol. The third-order valence-electron chi connectivity index (χ3n) is 2.85. The maximum Gasteiger partial charge on any atom is 0.408 e. The van der Waals surface area contributed by atoms with E-state index in [4.69, 9.17) is 0 Å². The molecule has 0 saturated carbocycles. The quantitative estimate of drug-likeness (QED) is 0.922. The molecule has 0 unspecified atom stereocenters. The van der Waals surface area contributed by atoms with Crippen LogP contribution < -0.4 is 0 Å². The summed E-state index contributed by atoms with van der Waals surface area (Å²) in [5.41, 5.74) is 1.73. The first-order chi connectivity index (χ1) is 9.14. The van der Waals surface area contributed by atoms with Gasteiger partial charge >= 0.3 is 6.09 Å². The lowest BCUT2D eigenvalue weighted by Gasteiger charge is -2.39. The minimum Gasteiger partial charge on any atom is -0.465 e. The number of carbonyl (C=O) groups is 2. The topological polar surface area (TPSA) is 73.7 Å². The van der Waals surface area contributed by atoms with Crippen molar-refractivity contribution in [1.82, 2.24) is 14.8 Å². The van der Waals surface area contributed by atoms with E-state index in [0.717, 1.165) is 5.69 Å². The van der Waals surface area contributed by atoms with Crippen molar-refractivity contribution in [3.05, 3.63) is 16.6 Å². The molecule has 7 heteroatoms. The second kappa shape index (κ2) is 6.21. The average molecular weight is 299 g/mol. The molecule has 1 N–H and O–H groups in total. The number of rotatable bonds is 4. The van der Waals surface area contributed by atoms with E-state index in [0.29, 0.717) is 0 Å². The monoisotopic (exact) mass is 299 g/mol. The standard InChI is InChI=1S/C13H21N3O3S/c1-13(2,3)16(12(18)19)10(11(17)15(4)5)6-9-7-20-8-14-9/h7-8,10H,6H2,1-5H3,(H,18,19)/t10-/m0/s1. The van der Waals surface area contributed by atoms with Gasteiger partial charge in [0.15, 0.2) is 0 Å². The molecule has 20 heavy (non-hydrogen) atoms.